The van der Waals surface area contributed by atoms with Crippen molar-refractivity contribution in [2.24, 2.45) is 5.92 Å². The Morgan fingerprint density at radius 1 is 1.32 bits per heavy atom. The molecule has 0 saturated carbocycles. The Hall–Kier alpha value is -0.430. The molecule has 4 nitrogen and oxygen atoms in total. The summed E-state index contributed by atoms with van der Waals surface area (Å²) in [5.74, 6) is 0.439. The first-order valence-electron chi connectivity index (χ1n) is 6.64. The van der Waals surface area contributed by atoms with Crippen LogP contribution in [-0.2, 0) is 10.0 Å². The molecule has 0 bridgehead atoms. The van der Waals surface area contributed by atoms with Crippen molar-refractivity contribution in [2.45, 2.75) is 32.7 Å². The lowest BCUT2D eigenvalue weighted by molar-refractivity contribution is 0.468. The fourth-order valence-corrected chi connectivity index (χ4v) is 4.35. The number of sulfonamides is 1. The van der Waals surface area contributed by atoms with Gasteiger partial charge >= 0.3 is 0 Å². The van der Waals surface area contributed by atoms with Crippen LogP contribution in [0.2, 0.25) is 0 Å². The molecule has 0 aliphatic rings. The normalized spacial score (nSPS) is 13.9. The lowest BCUT2D eigenvalue weighted by atomic mass is 10.0. The molecule has 6 heteroatoms. The van der Waals surface area contributed by atoms with Crippen LogP contribution in [0.15, 0.2) is 17.5 Å². The molecule has 0 radical (unpaired) electrons. The molecule has 1 unspecified atom stereocenters. The highest BCUT2D eigenvalue weighted by molar-refractivity contribution is 7.89. The molecule has 1 aromatic heterocycles. The molecule has 1 heterocycles. The first kappa shape index (κ1) is 16.6. The van der Waals surface area contributed by atoms with Crippen molar-refractivity contribution in [2.75, 3.05) is 19.3 Å². The van der Waals surface area contributed by atoms with Gasteiger partial charge in [0, 0.05) is 4.88 Å². The minimum Gasteiger partial charge on any atom is -0.320 e. The Morgan fingerprint density at radius 3 is 2.58 bits per heavy atom. The highest BCUT2D eigenvalue weighted by Crippen LogP contribution is 2.26. The third-order valence-corrected chi connectivity index (χ3v) is 5.31. The van der Waals surface area contributed by atoms with Crippen LogP contribution in [0, 0.1) is 5.92 Å². The van der Waals surface area contributed by atoms with Crippen LogP contribution < -0.4 is 10.0 Å². The van der Waals surface area contributed by atoms with Crippen molar-refractivity contribution in [3.63, 3.8) is 0 Å². The summed E-state index contributed by atoms with van der Waals surface area (Å²) in [4.78, 5) is 1.08. The average Bonchev–Trinajstić information content (AvgIpc) is 2.85. The van der Waals surface area contributed by atoms with E-state index in [-0.39, 0.29) is 17.7 Å². The number of rotatable bonds is 9. The van der Waals surface area contributed by atoms with Gasteiger partial charge in [0.15, 0.2) is 0 Å². The summed E-state index contributed by atoms with van der Waals surface area (Å²) in [5, 5.41) is 5.00. The Morgan fingerprint density at radius 2 is 2.05 bits per heavy atom. The fourth-order valence-electron chi connectivity index (χ4n) is 1.84. The molecule has 1 aromatic rings. The van der Waals surface area contributed by atoms with Gasteiger partial charge < -0.3 is 5.32 Å². The van der Waals surface area contributed by atoms with Crippen molar-refractivity contribution < 1.29 is 8.42 Å². The zero-order valence-electron chi connectivity index (χ0n) is 11.8. The number of thiophene rings is 1. The van der Waals surface area contributed by atoms with E-state index in [9.17, 15) is 8.42 Å². The van der Waals surface area contributed by atoms with E-state index in [4.69, 9.17) is 0 Å². The molecule has 110 valence electrons. The molecule has 0 spiro atoms. The number of nitrogens with one attached hydrogen (secondary N) is 2. The lowest BCUT2D eigenvalue weighted by Crippen LogP contribution is -2.33. The molecule has 0 aliphatic carbocycles. The van der Waals surface area contributed by atoms with Gasteiger partial charge in [0.25, 0.3) is 0 Å². The predicted molar refractivity (Wildman–Crippen MR) is 82.0 cm³/mol. The fraction of sp³-hybridized carbons (Fsp3) is 0.692. The van der Waals surface area contributed by atoms with E-state index in [1.54, 1.807) is 11.3 Å². The Labute approximate surface area is 120 Å². The summed E-state index contributed by atoms with van der Waals surface area (Å²) in [7, 11) is -1.33. The summed E-state index contributed by atoms with van der Waals surface area (Å²) >= 11 is 1.60. The smallest absolute Gasteiger partial charge is 0.212 e. The van der Waals surface area contributed by atoms with Gasteiger partial charge in [0.1, 0.15) is 0 Å². The summed E-state index contributed by atoms with van der Waals surface area (Å²) in [6.45, 7) is 4.93. The Kier molecular flexibility index (Phi) is 6.99. The Bertz CT molecular complexity index is 441. The van der Waals surface area contributed by atoms with Crippen LogP contribution in [-0.4, -0.2) is 27.8 Å². The third-order valence-electron chi connectivity index (χ3n) is 2.91. The minimum atomic E-state index is -3.20. The van der Waals surface area contributed by atoms with Gasteiger partial charge in [-0.1, -0.05) is 19.9 Å². The maximum Gasteiger partial charge on any atom is 0.212 e. The van der Waals surface area contributed by atoms with Crippen molar-refractivity contribution in [1.29, 1.82) is 0 Å². The predicted octanol–water partition coefficient (Wildman–Crippen LogP) is 2.36. The van der Waals surface area contributed by atoms with Crippen LogP contribution >= 0.6 is 11.3 Å². The maximum absolute atomic E-state index is 12.1. The largest absolute Gasteiger partial charge is 0.320 e. The van der Waals surface area contributed by atoms with E-state index < -0.39 is 10.0 Å². The van der Waals surface area contributed by atoms with Crippen LogP contribution in [0.25, 0.3) is 0 Å². The number of hydrogen-bond donors (Lipinski definition) is 2. The third kappa shape index (κ3) is 6.03. The molecule has 0 saturated heterocycles. The molecular formula is C13H24N2O2S2. The van der Waals surface area contributed by atoms with Crippen LogP contribution in [0.4, 0.5) is 0 Å². The Balaban J connectivity index is 2.58. The zero-order chi connectivity index (χ0) is 14.3. The van der Waals surface area contributed by atoms with E-state index in [1.165, 1.54) is 0 Å². The molecule has 19 heavy (non-hydrogen) atoms. The van der Waals surface area contributed by atoms with E-state index in [1.807, 2.05) is 38.4 Å². The molecule has 1 atom stereocenters. The van der Waals surface area contributed by atoms with E-state index in [2.05, 4.69) is 10.0 Å². The highest BCUT2D eigenvalue weighted by Gasteiger charge is 2.22. The standard InChI is InChI=1S/C13H24N2O2S2/c1-11(2)13(12-7-6-9-18-12)15-19(16,17)10-5-4-8-14-3/h6-7,9,11,13-15H,4-5,8,10H2,1-3H3. The van der Waals surface area contributed by atoms with Crippen LogP contribution in [0.1, 0.15) is 37.6 Å². The summed E-state index contributed by atoms with van der Waals surface area (Å²) < 4.78 is 27.0. The zero-order valence-corrected chi connectivity index (χ0v) is 13.5. The molecule has 1 rings (SSSR count). The SMILES string of the molecule is CNCCCCS(=O)(=O)NC(c1cccs1)C(C)C. The highest BCUT2D eigenvalue weighted by atomic mass is 32.2. The average molecular weight is 304 g/mol. The van der Waals surface area contributed by atoms with Gasteiger partial charge in [-0.05, 0) is 43.8 Å². The molecule has 0 amide bonds. The van der Waals surface area contributed by atoms with Gasteiger partial charge in [0.2, 0.25) is 10.0 Å². The summed E-state index contributed by atoms with van der Waals surface area (Å²) in [5.41, 5.74) is 0. The van der Waals surface area contributed by atoms with Crippen LogP contribution in [0.5, 0.6) is 0 Å². The van der Waals surface area contributed by atoms with Crippen molar-refractivity contribution in [1.82, 2.24) is 10.0 Å². The van der Waals surface area contributed by atoms with E-state index in [0.717, 1.165) is 17.8 Å². The molecule has 0 aromatic carbocycles. The monoisotopic (exact) mass is 304 g/mol. The number of unbranched alkanes of at least 4 members (excludes halogenated alkanes) is 1. The lowest BCUT2D eigenvalue weighted by Gasteiger charge is -2.21. The van der Waals surface area contributed by atoms with Gasteiger partial charge in [-0.2, -0.15) is 0 Å². The topological polar surface area (TPSA) is 58.2 Å². The molecular weight excluding hydrogens is 280 g/mol. The first-order valence-corrected chi connectivity index (χ1v) is 9.17. The second kappa shape index (κ2) is 7.99. The van der Waals surface area contributed by atoms with Crippen molar-refractivity contribution in [3.8, 4) is 0 Å². The molecule has 2 N–H and O–H groups in total. The molecule has 0 fully saturated rings. The molecule has 0 aliphatic heterocycles. The summed E-state index contributed by atoms with van der Waals surface area (Å²) in [6, 6.07) is 3.82. The van der Waals surface area contributed by atoms with E-state index >= 15 is 0 Å². The van der Waals surface area contributed by atoms with Gasteiger partial charge in [-0.15, -0.1) is 11.3 Å². The summed E-state index contributed by atoms with van der Waals surface area (Å²) in [6.07, 6.45) is 1.56. The van der Waals surface area contributed by atoms with Gasteiger partial charge in [0.05, 0.1) is 11.8 Å². The second-order valence-corrected chi connectivity index (χ2v) is 7.84. The first-order chi connectivity index (χ1) is 8.96. The number of hydrogen-bond acceptors (Lipinski definition) is 4. The van der Waals surface area contributed by atoms with E-state index in [0.29, 0.717) is 6.42 Å². The minimum absolute atomic E-state index is 0.116. The van der Waals surface area contributed by atoms with Crippen molar-refractivity contribution >= 4 is 21.4 Å². The second-order valence-electron chi connectivity index (χ2n) is 4.98. The maximum atomic E-state index is 12.1. The van der Waals surface area contributed by atoms with Gasteiger partial charge in [-0.3, -0.25) is 0 Å². The van der Waals surface area contributed by atoms with Crippen LogP contribution in [0.3, 0.4) is 0 Å². The van der Waals surface area contributed by atoms with Gasteiger partial charge in [-0.25, -0.2) is 13.1 Å². The quantitative estimate of drug-likeness (QED) is 0.689. The van der Waals surface area contributed by atoms with Crippen molar-refractivity contribution in [3.05, 3.63) is 22.4 Å².